The highest BCUT2D eigenvalue weighted by molar-refractivity contribution is 7.89. The van der Waals surface area contributed by atoms with E-state index in [1.54, 1.807) is 19.3 Å². The number of aromatic nitrogens is 1. The van der Waals surface area contributed by atoms with Crippen molar-refractivity contribution >= 4 is 27.5 Å². The number of carbonyl (C=O) groups is 1. The smallest absolute Gasteiger partial charge is 0.255 e. The molecule has 0 aliphatic carbocycles. The zero-order valence-electron chi connectivity index (χ0n) is 14.4. The summed E-state index contributed by atoms with van der Waals surface area (Å²) in [6.45, 7) is 1.32. The third-order valence-electron chi connectivity index (χ3n) is 4.34. The highest BCUT2D eigenvalue weighted by Crippen LogP contribution is 2.26. The van der Waals surface area contributed by atoms with Gasteiger partial charge < -0.3 is 4.90 Å². The van der Waals surface area contributed by atoms with Gasteiger partial charge in [-0.05, 0) is 43.2 Å². The third kappa shape index (κ3) is 3.90. The molecule has 0 spiro atoms. The summed E-state index contributed by atoms with van der Waals surface area (Å²) in [5, 5.41) is 0.225. The lowest BCUT2D eigenvalue weighted by Crippen LogP contribution is -2.29. The molecular formula is C18H20ClN3O3S. The van der Waals surface area contributed by atoms with Gasteiger partial charge in [-0.15, -0.1) is 0 Å². The van der Waals surface area contributed by atoms with E-state index in [0.717, 1.165) is 18.5 Å². The second-order valence-electron chi connectivity index (χ2n) is 6.24. The molecule has 2 aromatic rings. The van der Waals surface area contributed by atoms with Gasteiger partial charge in [0.25, 0.3) is 5.91 Å². The Balaban J connectivity index is 1.86. The van der Waals surface area contributed by atoms with Crippen LogP contribution < -0.4 is 0 Å². The fraction of sp³-hybridized carbons (Fsp3) is 0.333. The average Bonchev–Trinajstić information content (AvgIpc) is 3.18. The number of rotatable bonds is 5. The third-order valence-corrected chi connectivity index (χ3v) is 6.57. The molecule has 1 aromatic carbocycles. The summed E-state index contributed by atoms with van der Waals surface area (Å²) in [7, 11) is -1.97. The zero-order chi connectivity index (χ0) is 18.7. The highest BCUT2D eigenvalue weighted by Gasteiger charge is 2.28. The average molecular weight is 394 g/mol. The molecular weight excluding hydrogens is 374 g/mol. The van der Waals surface area contributed by atoms with Gasteiger partial charge in [0.2, 0.25) is 10.0 Å². The molecule has 1 aliphatic rings. The van der Waals surface area contributed by atoms with Crippen LogP contribution in [0.1, 0.15) is 28.9 Å². The van der Waals surface area contributed by atoms with Crippen LogP contribution >= 0.6 is 11.6 Å². The lowest BCUT2D eigenvalue weighted by atomic mass is 10.2. The highest BCUT2D eigenvalue weighted by atomic mass is 35.5. The maximum Gasteiger partial charge on any atom is 0.255 e. The molecule has 1 amide bonds. The van der Waals surface area contributed by atoms with Crippen LogP contribution in [0.5, 0.6) is 0 Å². The van der Waals surface area contributed by atoms with Crippen molar-refractivity contribution in [2.45, 2.75) is 24.3 Å². The van der Waals surface area contributed by atoms with Crippen molar-refractivity contribution in [1.29, 1.82) is 0 Å². The van der Waals surface area contributed by atoms with Crippen LogP contribution in [-0.4, -0.2) is 48.7 Å². The van der Waals surface area contributed by atoms with Crippen molar-refractivity contribution in [2.75, 3.05) is 20.1 Å². The van der Waals surface area contributed by atoms with Gasteiger partial charge in [0, 0.05) is 26.3 Å². The molecule has 0 bridgehead atoms. The van der Waals surface area contributed by atoms with Gasteiger partial charge in [-0.1, -0.05) is 17.7 Å². The number of halogens is 1. The Bertz CT molecular complexity index is 897. The van der Waals surface area contributed by atoms with Gasteiger partial charge in [-0.2, -0.15) is 4.31 Å². The predicted molar refractivity (Wildman–Crippen MR) is 99.5 cm³/mol. The van der Waals surface area contributed by atoms with Crippen LogP contribution in [0, 0.1) is 0 Å². The minimum absolute atomic E-state index is 0.0957. The fourth-order valence-electron chi connectivity index (χ4n) is 2.92. The number of hydrogen-bond donors (Lipinski definition) is 0. The summed E-state index contributed by atoms with van der Waals surface area (Å²) < 4.78 is 26.9. The van der Waals surface area contributed by atoms with E-state index in [1.165, 1.54) is 27.4 Å². The number of amides is 1. The van der Waals surface area contributed by atoms with Crippen LogP contribution in [0.3, 0.4) is 0 Å². The first-order valence-corrected chi connectivity index (χ1v) is 10.2. The normalized spacial score (nSPS) is 15.2. The fourth-order valence-corrected chi connectivity index (χ4v) is 4.66. The molecule has 1 aliphatic heterocycles. The van der Waals surface area contributed by atoms with Crippen molar-refractivity contribution in [3.8, 4) is 0 Å². The Labute approximate surface area is 158 Å². The molecule has 2 heterocycles. The standard InChI is InChI=1S/C18H20ClN3O3S/c1-21(13-14-6-2-3-9-20-14)18(23)16-12-15(7-8-17(16)19)26(24,25)22-10-4-5-11-22/h2-3,6-9,12H,4-5,10-11,13H2,1H3. The second kappa shape index (κ2) is 7.73. The predicted octanol–water partition coefficient (Wildman–Crippen LogP) is 2.79. The molecule has 8 heteroatoms. The monoisotopic (exact) mass is 393 g/mol. The van der Waals surface area contributed by atoms with Crippen molar-refractivity contribution in [3.63, 3.8) is 0 Å². The largest absolute Gasteiger partial charge is 0.336 e. The lowest BCUT2D eigenvalue weighted by molar-refractivity contribution is 0.0783. The SMILES string of the molecule is CN(Cc1ccccn1)C(=O)c1cc(S(=O)(=O)N2CCCC2)ccc1Cl. The Kier molecular flexibility index (Phi) is 5.60. The lowest BCUT2D eigenvalue weighted by Gasteiger charge is -2.19. The summed E-state index contributed by atoms with van der Waals surface area (Å²) in [5.74, 6) is -0.348. The van der Waals surface area contributed by atoms with Crippen molar-refractivity contribution < 1.29 is 13.2 Å². The van der Waals surface area contributed by atoms with Crippen molar-refractivity contribution in [3.05, 3.63) is 58.9 Å². The number of sulfonamides is 1. The van der Waals surface area contributed by atoms with Crippen LogP contribution in [0.4, 0.5) is 0 Å². The van der Waals surface area contributed by atoms with E-state index < -0.39 is 10.0 Å². The summed E-state index contributed by atoms with van der Waals surface area (Å²) in [6, 6.07) is 9.75. The number of nitrogens with zero attached hydrogens (tertiary/aromatic N) is 3. The minimum Gasteiger partial charge on any atom is -0.336 e. The van der Waals surface area contributed by atoms with Gasteiger partial charge in [0.1, 0.15) is 0 Å². The first kappa shape index (κ1) is 18.8. The van der Waals surface area contributed by atoms with Gasteiger partial charge in [-0.25, -0.2) is 8.42 Å². The molecule has 0 N–H and O–H groups in total. The zero-order valence-corrected chi connectivity index (χ0v) is 16.0. The summed E-state index contributed by atoms with van der Waals surface area (Å²) in [4.78, 5) is 18.5. The number of hydrogen-bond acceptors (Lipinski definition) is 4. The second-order valence-corrected chi connectivity index (χ2v) is 8.58. The summed E-state index contributed by atoms with van der Waals surface area (Å²) >= 11 is 6.18. The van der Waals surface area contributed by atoms with Crippen molar-refractivity contribution in [2.24, 2.45) is 0 Å². The van der Waals surface area contributed by atoms with Crippen LogP contribution in [0.2, 0.25) is 5.02 Å². The number of pyridine rings is 1. The van der Waals surface area contributed by atoms with Gasteiger partial charge in [-0.3, -0.25) is 9.78 Å². The molecule has 0 saturated carbocycles. The van der Waals surface area contributed by atoms with E-state index >= 15 is 0 Å². The molecule has 6 nitrogen and oxygen atoms in total. The molecule has 138 valence electrons. The molecule has 0 radical (unpaired) electrons. The Morgan fingerprint density at radius 2 is 1.96 bits per heavy atom. The van der Waals surface area contributed by atoms with E-state index in [2.05, 4.69) is 4.98 Å². The number of carbonyl (C=O) groups excluding carboxylic acids is 1. The van der Waals surface area contributed by atoms with Gasteiger partial charge in [0.15, 0.2) is 0 Å². The Morgan fingerprint density at radius 3 is 2.62 bits per heavy atom. The maximum atomic E-state index is 12.8. The molecule has 26 heavy (non-hydrogen) atoms. The van der Waals surface area contributed by atoms with Crippen LogP contribution in [0.25, 0.3) is 0 Å². The van der Waals surface area contributed by atoms with E-state index in [9.17, 15) is 13.2 Å². The quantitative estimate of drug-likeness (QED) is 0.783. The first-order chi connectivity index (χ1) is 12.4. The molecule has 3 rings (SSSR count). The molecule has 1 aromatic heterocycles. The van der Waals surface area contributed by atoms with Gasteiger partial charge in [0.05, 0.1) is 27.7 Å². The first-order valence-electron chi connectivity index (χ1n) is 8.34. The van der Waals surface area contributed by atoms with Crippen molar-refractivity contribution in [1.82, 2.24) is 14.2 Å². The van der Waals surface area contributed by atoms with E-state index in [0.29, 0.717) is 19.6 Å². The van der Waals surface area contributed by atoms with Gasteiger partial charge >= 0.3 is 0 Å². The van der Waals surface area contributed by atoms with Crippen LogP contribution in [0.15, 0.2) is 47.5 Å². The Morgan fingerprint density at radius 1 is 1.23 bits per heavy atom. The molecule has 1 saturated heterocycles. The molecule has 0 atom stereocenters. The Hall–Kier alpha value is -1.96. The topological polar surface area (TPSA) is 70.6 Å². The van der Waals surface area contributed by atoms with E-state index in [4.69, 9.17) is 11.6 Å². The summed E-state index contributed by atoms with van der Waals surface area (Å²) in [6.07, 6.45) is 3.36. The van der Waals surface area contributed by atoms with E-state index in [1.807, 2.05) is 12.1 Å². The minimum atomic E-state index is -3.60. The van der Waals surface area contributed by atoms with E-state index in [-0.39, 0.29) is 21.4 Å². The molecule has 1 fully saturated rings. The number of benzene rings is 1. The summed E-state index contributed by atoms with van der Waals surface area (Å²) in [5.41, 5.74) is 0.908. The van der Waals surface area contributed by atoms with Crippen LogP contribution in [-0.2, 0) is 16.6 Å². The maximum absolute atomic E-state index is 12.8. The molecule has 0 unspecified atom stereocenters.